The Kier molecular flexibility index (Phi) is 6.75. The number of aliphatic carboxylic acids is 1. The average Bonchev–Trinajstić information content (AvgIpc) is 2.63. The molecular weight excluding hydrogens is 376 g/mol. The number of halogens is 1. The van der Waals surface area contributed by atoms with E-state index in [1.54, 1.807) is 0 Å². The standard InChI is InChI=1S/C22H29BrO2/c23-21-14-12-20(13-15-21)19-10-8-18(9-11-19)17-6-4-16(5-7-17)2-1-3-22(24)25/h1-2,12-19H,3-11H2,(H,24,25). The quantitative estimate of drug-likeness (QED) is 0.563. The van der Waals surface area contributed by atoms with Crippen molar-refractivity contribution in [1.29, 1.82) is 0 Å². The Balaban J connectivity index is 1.42. The molecule has 0 saturated heterocycles. The molecule has 2 aliphatic rings. The molecule has 3 heteroatoms. The summed E-state index contributed by atoms with van der Waals surface area (Å²) in [4.78, 5) is 10.6. The van der Waals surface area contributed by atoms with Gasteiger partial charge in [0.25, 0.3) is 0 Å². The van der Waals surface area contributed by atoms with Crippen molar-refractivity contribution in [3.8, 4) is 0 Å². The van der Waals surface area contributed by atoms with Crippen LogP contribution in [0.15, 0.2) is 40.9 Å². The van der Waals surface area contributed by atoms with Crippen molar-refractivity contribution in [3.63, 3.8) is 0 Å². The number of allylic oxidation sites excluding steroid dienone is 1. The molecule has 1 aromatic carbocycles. The van der Waals surface area contributed by atoms with Gasteiger partial charge < -0.3 is 5.11 Å². The summed E-state index contributed by atoms with van der Waals surface area (Å²) < 4.78 is 1.17. The second-order valence-corrected chi connectivity index (χ2v) is 8.78. The number of benzene rings is 1. The summed E-state index contributed by atoms with van der Waals surface area (Å²) in [6, 6.07) is 8.90. The van der Waals surface area contributed by atoms with E-state index in [1.807, 2.05) is 6.08 Å². The van der Waals surface area contributed by atoms with Gasteiger partial charge in [0, 0.05) is 4.47 Å². The fraction of sp³-hybridized carbons (Fsp3) is 0.591. The van der Waals surface area contributed by atoms with Crippen LogP contribution in [0.2, 0.25) is 0 Å². The van der Waals surface area contributed by atoms with Gasteiger partial charge in [-0.3, -0.25) is 4.79 Å². The maximum absolute atomic E-state index is 10.6. The lowest BCUT2D eigenvalue weighted by Crippen LogP contribution is -2.25. The van der Waals surface area contributed by atoms with E-state index in [1.165, 1.54) is 61.4 Å². The normalized spacial score (nSPS) is 30.4. The summed E-state index contributed by atoms with van der Waals surface area (Å²) in [5, 5.41) is 8.72. The van der Waals surface area contributed by atoms with Crippen LogP contribution in [0.5, 0.6) is 0 Å². The van der Waals surface area contributed by atoms with Crippen LogP contribution in [0.1, 0.15) is 69.3 Å². The smallest absolute Gasteiger partial charge is 0.307 e. The van der Waals surface area contributed by atoms with E-state index in [0.717, 1.165) is 17.8 Å². The summed E-state index contributed by atoms with van der Waals surface area (Å²) in [6.45, 7) is 0. The molecule has 0 atom stereocenters. The van der Waals surface area contributed by atoms with Crippen molar-refractivity contribution < 1.29 is 9.90 Å². The van der Waals surface area contributed by atoms with Crippen molar-refractivity contribution in [2.45, 2.75) is 63.7 Å². The molecule has 2 saturated carbocycles. The van der Waals surface area contributed by atoms with Crippen molar-refractivity contribution in [2.24, 2.45) is 17.8 Å². The Morgan fingerprint density at radius 1 is 0.960 bits per heavy atom. The maximum atomic E-state index is 10.6. The van der Waals surface area contributed by atoms with Crippen LogP contribution in [0.4, 0.5) is 0 Å². The predicted molar refractivity (Wildman–Crippen MR) is 106 cm³/mol. The molecule has 0 aliphatic heterocycles. The molecule has 3 rings (SSSR count). The molecule has 0 heterocycles. The van der Waals surface area contributed by atoms with Crippen molar-refractivity contribution in [1.82, 2.24) is 0 Å². The summed E-state index contributed by atoms with van der Waals surface area (Å²) in [5.41, 5.74) is 1.51. The monoisotopic (exact) mass is 404 g/mol. The van der Waals surface area contributed by atoms with Crippen LogP contribution < -0.4 is 0 Å². The third-order valence-corrected chi connectivity index (χ3v) is 6.83. The van der Waals surface area contributed by atoms with Gasteiger partial charge in [-0.1, -0.05) is 40.2 Å². The highest BCUT2D eigenvalue weighted by Crippen LogP contribution is 2.44. The Labute approximate surface area is 159 Å². The molecule has 0 amide bonds. The zero-order valence-corrected chi connectivity index (χ0v) is 16.5. The molecule has 0 spiro atoms. The number of hydrogen-bond donors (Lipinski definition) is 1. The van der Waals surface area contributed by atoms with E-state index in [-0.39, 0.29) is 6.42 Å². The fourth-order valence-electron chi connectivity index (χ4n) is 4.83. The summed E-state index contributed by atoms with van der Waals surface area (Å²) in [5.74, 6) is 2.44. The lowest BCUT2D eigenvalue weighted by atomic mass is 9.68. The molecule has 0 aromatic heterocycles. The van der Waals surface area contributed by atoms with E-state index >= 15 is 0 Å². The minimum absolute atomic E-state index is 0.167. The Bertz CT molecular complexity index is 577. The molecule has 2 aliphatic carbocycles. The molecule has 1 aromatic rings. The molecule has 25 heavy (non-hydrogen) atoms. The van der Waals surface area contributed by atoms with Gasteiger partial charge in [-0.05, 0) is 92.7 Å². The number of hydrogen-bond acceptors (Lipinski definition) is 1. The van der Waals surface area contributed by atoms with Gasteiger partial charge in [-0.2, -0.15) is 0 Å². The largest absolute Gasteiger partial charge is 0.481 e. The zero-order valence-electron chi connectivity index (χ0n) is 14.9. The second kappa shape index (κ2) is 9.02. The third kappa shape index (κ3) is 5.44. The first-order chi connectivity index (χ1) is 12.1. The van der Waals surface area contributed by atoms with Gasteiger partial charge in [0.2, 0.25) is 0 Å². The highest BCUT2D eigenvalue weighted by atomic mass is 79.9. The van der Waals surface area contributed by atoms with Gasteiger partial charge in [-0.25, -0.2) is 0 Å². The van der Waals surface area contributed by atoms with Gasteiger partial charge in [-0.15, -0.1) is 0 Å². The van der Waals surface area contributed by atoms with E-state index < -0.39 is 5.97 Å². The van der Waals surface area contributed by atoms with Crippen LogP contribution in [0.3, 0.4) is 0 Å². The maximum Gasteiger partial charge on any atom is 0.307 e. The van der Waals surface area contributed by atoms with Crippen molar-refractivity contribution in [2.75, 3.05) is 0 Å². The molecule has 0 unspecified atom stereocenters. The average molecular weight is 405 g/mol. The van der Waals surface area contributed by atoms with Gasteiger partial charge in [0.05, 0.1) is 6.42 Å². The number of carboxylic acid groups (broad SMARTS) is 1. The van der Waals surface area contributed by atoms with Crippen LogP contribution in [0, 0.1) is 17.8 Å². The van der Waals surface area contributed by atoms with Crippen LogP contribution >= 0.6 is 15.9 Å². The molecule has 0 bridgehead atoms. The lowest BCUT2D eigenvalue weighted by Gasteiger charge is -2.37. The fourth-order valence-corrected chi connectivity index (χ4v) is 5.09. The highest BCUT2D eigenvalue weighted by molar-refractivity contribution is 9.10. The lowest BCUT2D eigenvalue weighted by molar-refractivity contribution is -0.136. The predicted octanol–water partition coefficient (Wildman–Crippen LogP) is 6.56. The second-order valence-electron chi connectivity index (χ2n) is 7.86. The third-order valence-electron chi connectivity index (χ3n) is 6.30. The SMILES string of the molecule is O=C(O)CC=CC1CCC(C2CCC(c3ccc(Br)cc3)CC2)CC1. The van der Waals surface area contributed by atoms with Crippen LogP contribution in [-0.4, -0.2) is 11.1 Å². The first kappa shape index (κ1) is 18.7. The number of carbonyl (C=O) groups is 1. The van der Waals surface area contributed by atoms with Gasteiger partial charge >= 0.3 is 5.97 Å². The molecule has 0 radical (unpaired) electrons. The Hall–Kier alpha value is -1.09. The van der Waals surface area contributed by atoms with Gasteiger partial charge in [0.1, 0.15) is 0 Å². The number of carboxylic acids is 1. The molecule has 2 nitrogen and oxygen atoms in total. The summed E-state index contributed by atoms with van der Waals surface area (Å²) in [7, 11) is 0. The number of rotatable bonds is 5. The summed E-state index contributed by atoms with van der Waals surface area (Å²) >= 11 is 3.52. The van der Waals surface area contributed by atoms with Crippen LogP contribution in [0.25, 0.3) is 0 Å². The van der Waals surface area contributed by atoms with E-state index in [2.05, 4.69) is 46.3 Å². The molecule has 1 N–H and O–H groups in total. The minimum atomic E-state index is -0.729. The first-order valence-electron chi connectivity index (χ1n) is 9.75. The summed E-state index contributed by atoms with van der Waals surface area (Å²) in [6.07, 6.45) is 14.7. The van der Waals surface area contributed by atoms with Crippen LogP contribution in [-0.2, 0) is 4.79 Å². The Morgan fingerprint density at radius 3 is 2.08 bits per heavy atom. The molecule has 2 fully saturated rings. The van der Waals surface area contributed by atoms with Gasteiger partial charge in [0.15, 0.2) is 0 Å². The van der Waals surface area contributed by atoms with E-state index in [9.17, 15) is 4.79 Å². The minimum Gasteiger partial charge on any atom is -0.481 e. The molecule has 136 valence electrons. The Morgan fingerprint density at radius 2 is 1.52 bits per heavy atom. The topological polar surface area (TPSA) is 37.3 Å². The van der Waals surface area contributed by atoms with Crippen molar-refractivity contribution in [3.05, 3.63) is 46.5 Å². The highest BCUT2D eigenvalue weighted by Gasteiger charge is 2.30. The molecular formula is C22H29BrO2. The van der Waals surface area contributed by atoms with Crippen molar-refractivity contribution >= 4 is 21.9 Å². The zero-order chi connectivity index (χ0) is 17.6. The van der Waals surface area contributed by atoms with E-state index in [4.69, 9.17) is 5.11 Å². The van der Waals surface area contributed by atoms with E-state index in [0.29, 0.717) is 5.92 Å². The first-order valence-corrected chi connectivity index (χ1v) is 10.5.